The van der Waals surface area contributed by atoms with Crippen molar-refractivity contribution in [3.63, 3.8) is 0 Å². The van der Waals surface area contributed by atoms with Crippen molar-refractivity contribution in [1.29, 1.82) is 0 Å². The van der Waals surface area contributed by atoms with Gasteiger partial charge < -0.3 is 15.5 Å². The minimum atomic E-state index is 0.273. The lowest BCUT2D eigenvalue weighted by molar-refractivity contribution is -0.134. The van der Waals surface area contributed by atoms with Crippen LogP contribution >= 0.6 is 0 Å². The van der Waals surface area contributed by atoms with E-state index in [4.69, 9.17) is 0 Å². The number of pyridine rings is 1. The summed E-state index contributed by atoms with van der Waals surface area (Å²) in [7, 11) is 0. The Balaban J connectivity index is 1.48. The van der Waals surface area contributed by atoms with Crippen LogP contribution in [0.5, 0.6) is 0 Å². The summed E-state index contributed by atoms with van der Waals surface area (Å²) < 4.78 is 0. The van der Waals surface area contributed by atoms with E-state index in [1.807, 2.05) is 17.2 Å². The number of nitrogens with zero attached hydrogens (tertiary/aromatic N) is 3. The van der Waals surface area contributed by atoms with Crippen LogP contribution in [0.15, 0.2) is 29.5 Å². The molecular formula is C20H31N5O. The van der Waals surface area contributed by atoms with Gasteiger partial charge in [-0.1, -0.05) is 18.9 Å². The van der Waals surface area contributed by atoms with Gasteiger partial charge in [-0.05, 0) is 44.2 Å². The van der Waals surface area contributed by atoms with E-state index in [1.165, 1.54) is 18.4 Å². The first kappa shape index (κ1) is 18.7. The second-order valence-electron chi connectivity index (χ2n) is 7.27. The topological polar surface area (TPSA) is 69.6 Å². The Morgan fingerprint density at radius 2 is 2.19 bits per heavy atom. The van der Waals surface area contributed by atoms with Crippen LogP contribution in [-0.2, 0) is 11.2 Å². The predicted octanol–water partition coefficient (Wildman–Crippen LogP) is 1.97. The summed E-state index contributed by atoms with van der Waals surface area (Å²) in [4.78, 5) is 23.5. The SMILES string of the molecule is CCNC(=NCCc1cccnc1)NC1CCN(C(=O)C2CCCC2)C1. The molecule has 26 heavy (non-hydrogen) atoms. The van der Waals surface area contributed by atoms with E-state index in [1.54, 1.807) is 6.20 Å². The predicted molar refractivity (Wildman–Crippen MR) is 104 cm³/mol. The summed E-state index contributed by atoms with van der Waals surface area (Å²) in [6, 6.07) is 4.32. The van der Waals surface area contributed by atoms with E-state index in [0.29, 0.717) is 5.91 Å². The molecular weight excluding hydrogens is 326 g/mol. The first-order valence-electron chi connectivity index (χ1n) is 9.98. The first-order chi connectivity index (χ1) is 12.8. The Labute approximate surface area is 156 Å². The molecule has 1 aliphatic carbocycles. The van der Waals surface area contributed by atoms with Crippen LogP contribution in [0.3, 0.4) is 0 Å². The average molecular weight is 358 g/mol. The van der Waals surface area contributed by atoms with Gasteiger partial charge in [0.2, 0.25) is 5.91 Å². The molecule has 0 bridgehead atoms. The number of carbonyl (C=O) groups is 1. The summed E-state index contributed by atoms with van der Waals surface area (Å²) in [5, 5.41) is 6.82. The number of carbonyl (C=O) groups excluding carboxylic acids is 1. The maximum atomic E-state index is 12.6. The quantitative estimate of drug-likeness (QED) is 0.603. The molecule has 1 aromatic rings. The van der Waals surface area contributed by atoms with Crippen molar-refractivity contribution in [3.8, 4) is 0 Å². The molecule has 0 aromatic carbocycles. The molecule has 1 unspecified atom stereocenters. The average Bonchev–Trinajstić information content (AvgIpc) is 3.34. The Morgan fingerprint density at radius 3 is 2.92 bits per heavy atom. The largest absolute Gasteiger partial charge is 0.357 e. The molecule has 1 saturated heterocycles. The van der Waals surface area contributed by atoms with E-state index in [2.05, 4.69) is 33.6 Å². The molecule has 0 radical (unpaired) electrons. The van der Waals surface area contributed by atoms with Gasteiger partial charge >= 0.3 is 0 Å². The van der Waals surface area contributed by atoms with E-state index in [0.717, 1.165) is 57.8 Å². The van der Waals surface area contributed by atoms with Crippen LogP contribution in [0.2, 0.25) is 0 Å². The second kappa shape index (κ2) is 9.55. The smallest absolute Gasteiger partial charge is 0.225 e. The van der Waals surface area contributed by atoms with Crippen molar-refractivity contribution < 1.29 is 4.79 Å². The first-order valence-corrected chi connectivity index (χ1v) is 9.98. The summed E-state index contributed by atoms with van der Waals surface area (Å²) in [6.45, 7) is 5.28. The number of guanidine groups is 1. The van der Waals surface area contributed by atoms with Gasteiger partial charge in [0.25, 0.3) is 0 Å². The number of hydrogen-bond acceptors (Lipinski definition) is 3. The van der Waals surface area contributed by atoms with Gasteiger partial charge in [0.15, 0.2) is 5.96 Å². The van der Waals surface area contributed by atoms with Crippen LogP contribution in [0.4, 0.5) is 0 Å². The highest BCUT2D eigenvalue weighted by Gasteiger charge is 2.32. The molecule has 6 nitrogen and oxygen atoms in total. The Kier molecular flexibility index (Phi) is 6.86. The molecule has 1 amide bonds. The molecule has 2 fully saturated rings. The van der Waals surface area contributed by atoms with Crippen molar-refractivity contribution >= 4 is 11.9 Å². The van der Waals surface area contributed by atoms with Gasteiger partial charge in [0.05, 0.1) is 0 Å². The molecule has 142 valence electrons. The minimum absolute atomic E-state index is 0.273. The lowest BCUT2D eigenvalue weighted by atomic mass is 10.1. The molecule has 1 aliphatic heterocycles. The number of rotatable bonds is 6. The lowest BCUT2D eigenvalue weighted by Gasteiger charge is -2.21. The number of amides is 1. The van der Waals surface area contributed by atoms with E-state index in [9.17, 15) is 4.79 Å². The molecule has 2 heterocycles. The zero-order valence-electron chi connectivity index (χ0n) is 15.8. The van der Waals surface area contributed by atoms with E-state index < -0.39 is 0 Å². The highest BCUT2D eigenvalue weighted by atomic mass is 16.2. The fourth-order valence-electron chi connectivity index (χ4n) is 3.87. The maximum Gasteiger partial charge on any atom is 0.225 e. The molecule has 1 saturated carbocycles. The minimum Gasteiger partial charge on any atom is -0.357 e. The van der Waals surface area contributed by atoms with Crippen LogP contribution in [0.1, 0.15) is 44.6 Å². The molecule has 3 rings (SSSR count). The zero-order valence-corrected chi connectivity index (χ0v) is 15.8. The number of aromatic nitrogens is 1. The van der Waals surface area contributed by atoms with Gasteiger partial charge in [-0.15, -0.1) is 0 Å². The monoisotopic (exact) mass is 357 g/mol. The lowest BCUT2D eigenvalue weighted by Crippen LogP contribution is -2.45. The molecule has 2 N–H and O–H groups in total. The van der Waals surface area contributed by atoms with Crippen molar-refractivity contribution in [3.05, 3.63) is 30.1 Å². The fraction of sp³-hybridized carbons (Fsp3) is 0.650. The molecule has 2 aliphatic rings. The summed E-state index contributed by atoms with van der Waals surface area (Å²) in [5.74, 6) is 1.48. The van der Waals surface area contributed by atoms with Crippen LogP contribution in [0.25, 0.3) is 0 Å². The van der Waals surface area contributed by atoms with Crippen LogP contribution < -0.4 is 10.6 Å². The fourth-order valence-corrected chi connectivity index (χ4v) is 3.87. The van der Waals surface area contributed by atoms with Gasteiger partial charge in [0, 0.05) is 50.5 Å². The standard InChI is InChI=1S/C20H31N5O/c1-2-22-20(23-12-9-16-6-5-11-21-14-16)24-18-10-13-25(15-18)19(26)17-7-3-4-8-17/h5-6,11,14,17-18H,2-4,7-10,12-13,15H2,1H3,(H2,22,23,24). The summed E-state index contributed by atoms with van der Waals surface area (Å²) in [6.07, 6.45) is 10.1. The van der Waals surface area contributed by atoms with Gasteiger partial charge in [-0.3, -0.25) is 14.8 Å². The van der Waals surface area contributed by atoms with Crippen LogP contribution in [-0.4, -0.2) is 54.0 Å². The van der Waals surface area contributed by atoms with Crippen LogP contribution in [0, 0.1) is 5.92 Å². The zero-order chi connectivity index (χ0) is 18.2. The highest BCUT2D eigenvalue weighted by Crippen LogP contribution is 2.27. The third-order valence-electron chi connectivity index (χ3n) is 5.28. The van der Waals surface area contributed by atoms with Crippen molar-refractivity contribution in [1.82, 2.24) is 20.5 Å². The highest BCUT2D eigenvalue weighted by molar-refractivity contribution is 5.81. The third kappa shape index (κ3) is 5.19. The Hall–Kier alpha value is -2.11. The third-order valence-corrected chi connectivity index (χ3v) is 5.28. The van der Waals surface area contributed by atoms with Gasteiger partial charge in [-0.2, -0.15) is 0 Å². The molecule has 6 heteroatoms. The second-order valence-corrected chi connectivity index (χ2v) is 7.27. The van der Waals surface area contributed by atoms with Crippen molar-refractivity contribution in [2.24, 2.45) is 10.9 Å². The van der Waals surface area contributed by atoms with Gasteiger partial charge in [0.1, 0.15) is 0 Å². The Morgan fingerprint density at radius 1 is 1.35 bits per heavy atom. The number of hydrogen-bond donors (Lipinski definition) is 2. The number of likely N-dealkylation sites (tertiary alicyclic amines) is 1. The Bertz CT molecular complexity index is 597. The van der Waals surface area contributed by atoms with E-state index >= 15 is 0 Å². The number of aliphatic imine (C=N–C) groups is 1. The van der Waals surface area contributed by atoms with E-state index in [-0.39, 0.29) is 12.0 Å². The van der Waals surface area contributed by atoms with Gasteiger partial charge in [-0.25, -0.2) is 0 Å². The summed E-state index contributed by atoms with van der Waals surface area (Å²) >= 11 is 0. The number of nitrogens with one attached hydrogen (secondary N) is 2. The van der Waals surface area contributed by atoms with Crippen molar-refractivity contribution in [2.75, 3.05) is 26.2 Å². The molecule has 1 atom stereocenters. The molecule has 1 aromatic heterocycles. The summed E-state index contributed by atoms with van der Waals surface area (Å²) in [5.41, 5.74) is 1.20. The van der Waals surface area contributed by atoms with Crippen molar-refractivity contribution in [2.45, 2.75) is 51.5 Å². The normalized spacial score (nSPS) is 21.2. The maximum absolute atomic E-state index is 12.6. The molecule has 0 spiro atoms.